The van der Waals surface area contributed by atoms with Gasteiger partial charge in [-0.25, -0.2) is 0 Å². The molecule has 5 heteroatoms. The third-order valence-corrected chi connectivity index (χ3v) is 3.84. The lowest BCUT2D eigenvalue weighted by Crippen LogP contribution is -2.22. The summed E-state index contributed by atoms with van der Waals surface area (Å²) in [6.07, 6.45) is 0. The normalized spacial score (nSPS) is 14.0. The maximum atomic E-state index is 11.0. The zero-order valence-corrected chi connectivity index (χ0v) is 11.7. The Bertz CT molecular complexity index is 554. The standard InChI is InChI=1S/C14H16N2O2S/c1-10(12-7-8-19-9-12)15-11(2)13-5-3-4-6-14(13)16(17)18/h3-11,15H,1-2H3. The van der Waals surface area contributed by atoms with Gasteiger partial charge in [0.05, 0.1) is 4.92 Å². The molecule has 0 aliphatic heterocycles. The molecule has 2 atom stereocenters. The summed E-state index contributed by atoms with van der Waals surface area (Å²) >= 11 is 1.65. The summed E-state index contributed by atoms with van der Waals surface area (Å²) in [6.45, 7) is 4.01. The van der Waals surface area contributed by atoms with Crippen LogP contribution in [0.15, 0.2) is 41.1 Å². The first-order chi connectivity index (χ1) is 9.09. The molecule has 100 valence electrons. The molecule has 2 aromatic rings. The molecule has 0 spiro atoms. The average Bonchev–Trinajstić information content (AvgIpc) is 2.92. The van der Waals surface area contributed by atoms with Gasteiger partial charge in [0.1, 0.15) is 0 Å². The number of nitrogens with zero attached hydrogens (tertiary/aromatic N) is 1. The Morgan fingerprint density at radius 3 is 2.58 bits per heavy atom. The predicted molar refractivity (Wildman–Crippen MR) is 77.4 cm³/mol. The highest BCUT2D eigenvalue weighted by atomic mass is 32.1. The molecular weight excluding hydrogens is 260 g/mol. The van der Waals surface area contributed by atoms with E-state index in [1.807, 2.05) is 18.4 Å². The van der Waals surface area contributed by atoms with E-state index in [2.05, 4.69) is 23.7 Å². The number of thiophene rings is 1. The fourth-order valence-corrected chi connectivity index (χ4v) is 2.86. The molecular formula is C14H16N2O2S. The molecule has 0 radical (unpaired) electrons. The van der Waals surface area contributed by atoms with Gasteiger partial charge in [-0.3, -0.25) is 10.1 Å². The number of nitro benzene ring substituents is 1. The molecule has 1 aromatic carbocycles. The van der Waals surface area contributed by atoms with Gasteiger partial charge in [-0.05, 0) is 36.2 Å². The van der Waals surface area contributed by atoms with Crippen molar-refractivity contribution in [2.24, 2.45) is 0 Å². The van der Waals surface area contributed by atoms with Crippen molar-refractivity contribution in [3.8, 4) is 0 Å². The van der Waals surface area contributed by atoms with Crippen LogP contribution in [0, 0.1) is 10.1 Å². The van der Waals surface area contributed by atoms with Crippen LogP contribution in [0.5, 0.6) is 0 Å². The molecule has 19 heavy (non-hydrogen) atoms. The van der Waals surface area contributed by atoms with Crippen molar-refractivity contribution in [1.29, 1.82) is 0 Å². The molecule has 1 heterocycles. The van der Waals surface area contributed by atoms with Crippen molar-refractivity contribution in [3.05, 3.63) is 62.3 Å². The minimum atomic E-state index is -0.331. The molecule has 0 bridgehead atoms. The first kappa shape index (κ1) is 13.7. The molecule has 1 aromatic heterocycles. The molecule has 2 unspecified atom stereocenters. The summed E-state index contributed by atoms with van der Waals surface area (Å²) in [5, 5.41) is 18.5. The number of hydrogen-bond acceptors (Lipinski definition) is 4. The van der Waals surface area contributed by atoms with Crippen molar-refractivity contribution in [2.75, 3.05) is 0 Å². The Kier molecular flexibility index (Phi) is 4.29. The van der Waals surface area contributed by atoms with Crippen molar-refractivity contribution in [3.63, 3.8) is 0 Å². The second kappa shape index (κ2) is 5.95. The van der Waals surface area contributed by atoms with Crippen molar-refractivity contribution >= 4 is 17.0 Å². The summed E-state index contributed by atoms with van der Waals surface area (Å²) < 4.78 is 0. The Hall–Kier alpha value is -1.72. The van der Waals surface area contributed by atoms with Crippen LogP contribution in [0.2, 0.25) is 0 Å². The summed E-state index contributed by atoms with van der Waals surface area (Å²) in [5.41, 5.74) is 2.09. The van der Waals surface area contributed by atoms with Crippen LogP contribution in [0.4, 0.5) is 5.69 Å². The summed E-state index contributed by atoms with van der Waals surface area (Å²) in [4.78, 5) is 10.7. The van der Waals surface area contributed by atoms with Crippen LogP contribution in [-0.2, 0) is 0 Å². The number of nitrogens with one attached hydrogen (secondary N) is 1. The van der Waals surface area contributed by atoms with E-state index in [0.717, 1.165) is 5.56 Å². The third kappa shape index (κ3) is 3.19. The molecule has 0 aliphatic carbocycles. The molecule has 0 amide bonds. The third-order valence-electron chi connectivity index (χ3n) is 3.14. The Morgan fingerprint density at radius 2 is 1.95 bits per heavy atom. The minimum Gasteiger partial charge on any atom is -0.303 e. The molecule has 0 aliphatic rings. The largest absolute Gasteiger partial charge is 0.303 e. The Labute approximate surface area is 116 Å². The molecule has 0 fully saturated rings. The maximum Gasteiger partial charge on any atom is 0.274 e. The van der Waals surface area contributed by atoms with Crippen LogP contribution in [-0.4, -0.2) is 4.92 Å². The van der Waals surface area contributed by atoms with Crippen molar-refractivity contribution in [1.82, 2.24) is 5.32 Å². The summed E-state index contributed by atoms with van der Waals surface area (Å²) in [6, 6.07) is 9.03. The second-order valence-electron chi connectivity index (χ2n) is 4.48. The molecule has 0 saturated carbocycles. The van der Waals surface area contributed by atoms with E-state index < -0.39 is 0 Å². The quantitative estimate of drug-likeness (QED) is 0.661. The van der Waals surface area contributed by atoms with E-state index in [1.165, 1.54) is 5.56 Å². The van der Waals surface area contributed by atoms with E-state index in [9.17, 15) is 10.1 Å². The van der Waals surface area contributed by atoms with E-state index in [4.69, 9.17) is 0 Å². The second-order valence-corrected chi connectivity index (χ2v) is 5.26. The topological polar surface area (TPSA) is 55.2 Å². The Balaban J connectivity index is 2.16. The molecule has 0 saturated heterocycles. The molecule has 4 nitrogen and oxygen atoms in total. The number of rotatable bonds is 5. The van der Waals surface area contributed by atoms with Crippen molar-refractivity contribution in [2.45, 2.75) is 25.9 Å². The van der Waals surface area contributed by atoms with Gasteiger partial charge >= 0.3 is 0 Å². The van der Waals surface area contributed by atoms with E-state index in [0.29, 0.717) is 0 Å². The first-order valence-corrected chi connectivity index (χ1v) is 7.05. The van der Waals surface area contributed by atoms with Gasteiger partial charge in [-0.1, -0.05) is 18.2 Å². The van der Waals surface area contributed by atoms with E-state index >= 15 is 0 Å². The van der Waals surface area contributed by atoms with Crippen LogP contribution in [0.1, 0.15) is 37.1 Å². The highest BCUT2D eigenvalue weighted by Crippen LogP contribution is 2.27. The number of para-hydroxylation sites is 1. The average molecular weight is 276 g/mol. The molecule has 1 N–H and O–H groups in total. The predicted octanol–water partition coefficient (Wildman–Crippen LogP) is 4.07. The van der Waals surface area contributed by atoms with Gasteiger partial charge in [0.25, 0.3) is 5.69 Å². The van der Waals surface area contributed by atoms with Gasteiger partial charge < -0.3 is 5.32 Å². The zero-order valence-electron chi connectivity index (χ0n) is 10.9. The summed E-state index contributed by atoms with van der Waals surface area (Å²) in [7, 11) is 0. The SMILES string of the molecule is CC(NC(C)c1ccccc1[N+](=O)[O-])c1ccsc1. The highest BCUT2D eigenvalue weighted by Gasteiger charge is 2.19. The summed E-state index contributed by atoms with van der Waals surface area (Å²) in [5.74, 6) is 0. The lowest BCUT2D eigenvalue weighted by Gasteiger charge is -2.19. The van der Waals surface area contributed by atoms with Crippen LogP contribution >= 0.6 is 11.3 Å². The fraction of sp³-hybridized carbons (Fsp3) is 0.286. The van der Waals surface area contributed by atoms with Crippen molar-refractivity contribution < 1.29 is 4.92 Å². The van der Waals surface area contributed by atoms with Crippen LogP contribution < -0.4 is 5.32 Å². The van der Waals surface area contributed by atoms with Gasteiger partial charge in [0, 0.05) is 23.7 Å². The lowest BCUT2D eigenvalue weighted by molar-refractivity contribution is -0.385. The number of hydrogen-bond donors (Lipinski definition) is 1. The maximum absolute atomic E-state index is 11.0. The van der Waals surface area contributed by atoms with E-state index in [1.54, 1.807) is 29.5 Å². The molecule has 2 rings (SSSR count). The van der Waals surface area contributed by atoms with Crippen LogP contribution in [0.3, 0.4) is 0 Å². The minimum absolute atomic E-state index is 0.0727. The van der Waals surface area contributed by atoms with Gasteiger partial charge in [-0.15, -0.1) is 0 Å². The monoisotopic (exact) mass is 276 g/mol. The van der Waals surface area contributed by atoms with Gasteiger partial charge in [0.15, 0.2) is 0 Å². The van der Waals surface area contributed by atoms with Gasteiger partial charge in [0.2, 0.25) is 0 Å². The van der Waals surface area contributed by atoms with Crippen LogP contribution in [0.25, 0.3) is 0 Å². The van der Waals surface area contributed by atoms with E-state index in [-0.39, 0.29) is 22.7 Å². The first-order valence-electron chi connectivity index (χ1n) is 6.11. The number of nitro groups is 1. The zero-order chi connectivity index (χ0) is 13.8. The number of benzene rings is 1. The Morgan fingerprint density at radius 1 is 1.21 bits per heavy atom. The van der Waals surface area contributed by atoms with Gasteiger partial charge in [-0.2, -0.15) is 11.3 Å². The smallest absolute Gasteiger partial charge is 0.274 e. The fourth-order valence-electron chi connectivity index (χ4n) is 2.10. The lowest BCUT2D eigenvalue weighted by atomic mass is 10.0. The highest BCUT2D eigenvalue weighted by molar-refractivity contribution is 7.07.